The Morgan fingerprint density at radius 3 is 2.93 bits per heavy atom. The molecule has 0 aromatic carbocycles. The molecule has 1 aliphatic heterocycles. The molecule has 27 heavy (non-hydrogen) atoms. The number of rotatable bonds is 3. The van der Waals surface area contributed by atoms with E-state index in [4.69, 9.17) is 20.8 Å². The van der Waals surface area contributed by atoms with Crippen molar-refractivity contribution in [3.63, 3.8) is 0 Å². The summed E-state index contributed by atoms with van der Waals surface area (Å²) in [7, 11) is 0. The summed E-state index contributed by atoms with van der Waals surface area (Å²) in [6, 6.07) is 1.73. The first kappa shape index (κ1) is 19.0. The second-order valence-corrected chi connectivity index (χ2v) is 9.07. The van der Waals surface area contributed by atoms with Crippen molar-refractivity contribution >= 4 is 17.6 Å². The van der Waals surface area contributed by atoms with E-state index in [1.165, 1.54) is 12.5 Å². The number of halogens is 1. The van der Waals surface area contributed by atoms with E-state index in [-0.39, 0.29) is 30.8 Å². The Morgan fingerprint density at radius 2 is 2.26 bits per heavy atom. The Kier molecular flexibility index (Phi) is 4.48. The lowest BCUT2D eigenvalue weighted by molar-refractivity contribution is -0.237. The Morgan fingerprint density at radius 1 is 1.48 bits per heavy atom. The summed E-state index contributed by atoms with van der Waals surface area (Å²) in [5, 5.41) is 22.4. The van der Waals surface area contributed by atoms with Gasteiger partial charge in [0.2, 0.25) is 0 Å². The number of esters is 1. The zero-order valence-corrected chi connectivity index (χ0v) is 16.5. The molecule has 6 atom stereocenters. The van der Waals surface area contributed by atoms with Crippen LogP contribution in [0.3, 0.4) is 0 Å². The van der Waals surface area contributed by atoms with E-state index < -0.39 is 22.5 Å². The molecular formula is C21H27ClO5. The first-order chi connectivity index (χ1) is 12.8. The summed E-state index contributed by atoms with van der Waals surface area (Å²) in [5.41, 5.74) is 0.427. The molecule has 3 aliphatic rings. The summed E-state index contributed by atoms with van der Waals surface area (Å²) < 4.78 is 10.9. The molecule has 0 unspecified atom stereocenters. The molecular weight excluding hydrogens is 368 g/mol. The predicted octanol–water partition coefficient (Wildman–Crippen LogP) is 3.73. The van der Waals surface area contributed by atoms with Crippen LogP contribution in [0.25, 0.3) is 0 Å². The van der Waals surface area contributed by atoms with Crippen LogP contribution in [0.5, 0.6) is 0 Å². The van der Waals surface area contributed by atoms with Crippen LogP contribution in [0.2, 0.25) is 0 Å². The van der Waals surface area contributed by atoms with Gasteiger partial charge in [-0.3, -0.25) is 4.79 Å². The summed E-state index contributed by atoms with van der Waals surface area (Å²) in [6.07, 6.45) is 5.67. The molecule has 6 heteroatoms. The second-order valence-electron chi connectivity index (χ2n) is 8.85. The highest BCUT2D eigenvalue weighted by Gasteiger charge is 2.70. The van der Waals surface area contributed by atoms with Gasteiger partial charge in [0.25, 0.3) is 0 Å². The van der Waals surface area contributed by atoms with Crippen LogP contribution in [0.1, 0.15) is 51.5 Å². The number of aliphatic hydroxyl groups excluding tert-OH is 1. The number of hydrogen-bond acceptors (Lipinski definition) is 5. The summed E-state index contributed by atoms with van der Waals surface area (Å²) in [6.45, 7) is 3.87. The SMILES string of the molecule is C[C@@H]1C[C@H](O)[C@]23COC(=O)[C@@]1(C[C@@](C)(O)c1ccoc1)[C@H]2CCC/C3=C\Cl. The van der Waals surface area contributed by atoms with Crippen molar-refractivity contribution in [3.8, 4) is 0 Å². The van der Waals surface area contributed by atoms with Gasteiger partial charge in [0.05, 0.1) is 35.1 Å². The Balaban J connectivity index is 1.85. The number of furan rings is 1. The highest BCUT2D eigenvalue weighted by atomic mass is 35.5. The first-order valence-corrected chi connectivity index (χ1v) is 10.1. The lowest BCUT2D eigenvalue weighted by atomic mass is 9.42. The number of carbonyl (C=O) groups is 1. The zero-order chi connectivity index (χ0) is 19.4. The van der Waals surface area contributed by atoms with Gasteiger partial charge in [-0.05, 0) is 62.5 Å². The minimum absolute atomic E-state index is 0.109. The zero-order valence-electron chi connectivity index (χ0n) is 15.8. The number of ether oxygens (including phenoxy) is 1. The smallest absolute Gasteiger partial charge is 0.312 e. The van der Waals surface area contributed by atoms with Gasteiger partial charge in [-0.15, -0.1) is 0 Å². The maximum Gasteiger partial charge on any atom is 0.312 e. The van der Waals surface area contributed by atoms with E-state index in [0.717, 1.165) is 24.8 Å². The van der Waals surface area contributed by atoms with Crippen LogP contribution in [0.4, 0.5) is 0 Å². The fourth-order valence-corrected chi connectivity index (χ4v) is 6.51. The molecule has 1 aromatic heterocycles. The molecule has 0 amide bonds. The van der Waals surface area contributed by atoms with Crippen LogP contribution in [-0.4, -0.2) is 28.9 Å². The van der Waals surface area contributed by atoms with Crippen molar-refractivity contribution in [1.82, 2.24) is 0 Å². The summed E-state index contributed by atoms with van der Waals surface area (Å²) >= 11 is 6.16. The highest BCUT2D eigenvalue weighted by Crippen LogP contribution is 2.67. The van der Waals surface area contributed by atoms with Crippen molar-refractivity contribution in [2.75, 3.05) is 6.61 Å². The van der Waals surface area contributed by atoms with E-state index in [1.54, 1.807) is 18.5 Å². The third kappa shape index (κ3) is 2.48. The van der Waals surface area contributed by atoms with Gasteiger partial charge < -0.3 is 19.4 Å². The third-order valence-corrected chi connectivity index (χ3v) is 7.83. The second kappa shape index (κ2) is 6.36. The molecule has 3 fully saturated rings. The molecule has 2 heterocycles. The van der Waals surface area contributed by atoms with E-state index in [0.29, 0.717) is 12.0 Å². The van der Waals surface area contributed by atoms with Crippen LogP contribution >= 0.6 is 11.6 Å². The lowest BCUT2D eigenvalue weighted by Gasteiger charge is -2.64. The predicted molar refractivity (Wildman–Crippen MR) is 99.8 cm³/mol. The van der Waals surface area contributed by atoms with Crippen LogP contribution < -0.4 is 0 Å². The fraction of sp³-hybridized carbons (Fsp3) is 0.667. The first-order valence-electron chi connectivity index (χ1n) is 9.69. The van der Waals surface area contributed by atoms with E-state index in [2.05, 4.69) is 0 Å². The Labute approximate surface area is 164 Å². The van der Waals surface area contributed by atoms with Gasteiger partial charge in [-0.1, -0.05) is 18.5 Å². The van der Waals surface area contributed by atoms with Gasteiger partial charge in [0, 0.05) is 11.1 Å². The molecule has 5 nitrogen and oxygen atoms in total. The Hall–Kier alpha value is -1.30. The highest BCUT2D eigenvalue weighted by molar-refractivity contribution is 6.25. The van der Waals surface area contributed by atoms with Crippen molar-refractivity contribution in [1.29, 1.82) is 0 Å². The maximum absolute atomic E-state index is 13.2. The number of carbonyl (C=O) groups excluding carboxylic acids is 1. The average molecular weight is 395 g/mol. The number of hydrogen-bond donors (Lipinski definition) is 2. The summed E-state index contributed by atoms with van der Waals surface area (Å²) in [4.78, 5) is 13.2. The fourth-order valence-electron chi connectivity index (χ4n) is 6.19. The van der Waals surface area contributed by atoms with Gasteiger partial charge in [0.1, 0.15) is 6.61 Å². The van der Waals surface area contributed by atoms with E-state index >= 15 is 0 Å². The lowest BCUT2D eigenvalue weighted by Crippen LogP contribution is -2.68. The standard InChI is InChI=1S/C21H27ClO5/c1-13-8-17(23)21-12-27-18(24)20(13,16(21)5-3-4-14(21)9-22)11-19(2,25)15-6-7-26-10-15/h6-7,9-10,13,16-17,23,25H,3-5,8,11-12H2,1-2H3/b14-9+/t13-,16-,17+,19-,20-,21+/m1/s1. The minimum atomic E-state index is -1.24. The van der Waals surface area contributed by atoms with Gasteiger partial charge in [0.15, 0.2) is 0 Å². The number of aliphatic hydroxyl groups is 2. The maximum atomic E-state index is 13.2. The Bertz CT molecular complexity index is 755. The third-order valence-electron chi connectivity index (χ3n) is 7.56. The van der Waals surface area contributed by atoms with Crippen molar-refractivity contribution in [2.45, 2.75) is 57.7 Å². The molecule has 0 spiro atoms. The average Bonchev–Trinajstić information content (AvgIpc) is 3.18. The minimum Gasteiger partial charge on any atom is -0.472 e. The summed E-state index contributed by atoms with van der Waals surface area (Å²) in [5.74, 6) is -0.490. The molecule has 2 bridgehead atoms. The molecule has 0 radical (unpaired) electrons. The number of cyclic esters (lactones) is 1. The van der Waals surface area contributed by atoms with E-state index in [9.17, 15) is 15.0 Å². The van der Waals surface area contributed by atoms with Crippen molar-refractivity contribution in [2.24, 2.45) is 22.7 Å². The molecule has 148 valence electrons. The molecule has 2 N–H and O–H groups in total. The molecule has 2 saturated carbocycles. The normalized spacial score (nSPS) is 42.3. The largest absolute Gasteiger partial charge is 0.472 e. The van der Waals surface area contributed by atoms with Crippen molar-refractivity contribution in [3.05, 3.63) is 35.3 Å². The van der Waals surface area contributed by atoms with Crippen LogP contribution in [0, 0.1) is 22.7 Å². The monoisotopic (exact) mass is 394 g/mol. The van der Waals surface area contributed by atoms with E-state index in [1.807, 2.05) is 6.92 Å². The van der Waals surface area contributed by atoms with Crippen LogP contribution in [0.15, 0.2) is 34.1 Å². The quantitative estimate of drug-likeness (QED) is 0.763. The van der Waals surface area contributed by atoms with Gasteiger partial charge in [-0.2, -0.15) is 0 Å². The molecule has 2 aliphatic carbocycles. The van der Waals surface area contributed by atoms with Gasteiger partial charge >= 0.3 is 5.97 Å². The van der Waals surface area contributed by atoms with Crippen molar-refractivity contribution < 1.29 is 24.2 Å². The molecule has 1 aromatic rings. The molecule has 4 rings (SSSR count). The van der Waals surface area contributed by atoms with Gasteiger partial charge in [-0.25, -0.2) is 0 Å². The molecule has 1 saturated heterocycles. The van der Waals surface area contributed by atoms with Crippen LogP contribution in [-0.2, 0) is 15.1 Å². The topological polar surface area (TPSA) is 79.9 Å².